The van der Waals surface area contributed by atoms with Gasteiger partial charge >= 0.3 is 0 Å². The quantitative estimate of drug-likeness (QED) is 0.822. The molecule has 2 rings (SSSR count). The van der Waals surface area contributed by atoms with Crippen LogP contribution < -0.4 is 5.32 Å². The SMILES string of the molecule is CCC(CC)C(=O)NC1CCN(C(=O)CCc2ccccc2F)CC1. The highest BCUT2D eigenvalue weighted by Crippen LogP contribution is 2.16. The first-order valence-corrected chi connectivity index (χ1v) is 9.36. The van der Waals surface area contributed by atoms with Crippen molar-refractivity contribution >= 4 is 11.8 Å². The molecule has 4 nitrogen and oxygen atoms in total. The largest absolute Gasteiger partial charge is 0.353 e. The van der Waals surface area contributed by atoms with E-state index in [1.165, 1.54) is 6.07 Å². The van der Waals surface area contributed by atoms with Gasteiger partial charge in [-0.3, -0.25) is 9.59 Å². The minimum atomic E-state index is -0.252. The third kappa shape index (κ3) is 5.55. The number of benzene rings is 1. The highest BCUT2D eigenvalue weighted by molar-refractivity contribution is 5.79. The Hall–Kier alpha value is -1.91. The molecule has 1 N–H and O–H groups in total. The molecule has 0 spiro atoms. The van der Waals surface area contributed by atoms with Gasteiger partial charge in [0.05, 0.1) is 0 Å². The number of carbonyl (C=O) groups excluding carboxylic acids is 2. The molecule has 0 saturated carbocycles. The van der Waals surface area contributed by atoms with Crippen molar-refractivity contribution in [1.29, 1.82) is 0 Å². The molecule has 0 unspecified atom stereocenters. The number of rotatable bonds is 7. The Labute approximate surface area is 149 Å². The summed E-state index contributed by atoms with van der Waals surface area (Å²) < 4.78 is 13.6. The zero-order valence-electron chi connectivity index (χ0n) is 15.3. The molecule has 1 aliphatic heterocycles. The lowest BCUT2D eigenvalue weighted by molar-refractivity contribution is -0.132. The van der Waals surface area contributed by atoms with Crippen LogP contribution in [0.2, 0.25) is 0 Å². The van der Waals surface area contributed by atoms with Crippen LogP contribution in [0.25, 0.3) is 0 Å². The van der Waals surface area contributed by atoms with Crippen molar-refractivity contribution in [1.82, 2.24) is 10.2 Å². The standard InChI is InChI=1S/C20H29FN2O2/c1-3-15(4-2)20(25)22-17-11-13-23(14-12-17)19(24)10-9-16-7-5-6-8-18(16)21/h5-8,15,17H,3-4,9-14H2,1-2H3,(H,22,25). The van der Waals surface area contributed by atoms with E-state index >= 15 is 0 Å². The summed E-state index contributed by atoms with van der Waals surface area (Å²) in [5, 5.41) is 3.12. The van der Waals surface area contributed by atoms with Crippen LogP contribution in [0.4, 0.5) is 4.39 Å². The maximum Gasteiger partial charge on any atom is 0.223 e. The summed E-state index contributed by atoms with van der Waals surface area (Å²) in [6.07, 6.45) is 4.04. The fourth-order valence-corrected chi connectivity index (χ4v) is 3.35. The highest BCUT2D eigenvalue weighted by atomic mass is 19.1. The van der Waals surface area contributed by atoms with Gasteiger partial charge in [0, 0.05) is 31.5 Å². The van der Waals surface area contributed by atoms with Gasteiger partial charge in [-0.2, -0.15) is 0 Å². The monoisotopic (exact) mass is 348 g/mol. The molecule has 25 heavy (non-hydrogen) atoms. The Kier molecular flexibility index (Phi) is 7.41. The van der Waals surface area contributed by atoms with Gasteiger partial charge in [0.25, 0.3) is 0 Å². The van der Waals surface area contributed by atoms with Crippen LogP contribution in [-0.2, 0) is 16.0 Å². The third-order valence-corrected chi connectivity index (χ3v) is 5.12. The molecule has 0 atom stereocenters. The van der Waals surface area contributed by atoms with Gasteiger partial charge in [-0.15, -0.1) is 0 Å². The van der Waals surface area contributed by atoms with Crippen LogP contribution in [0.3, 0.4) is 0 Å². The second-order valence-electron chi connectivity index (χ2n) is 6.77. The molecule has 2 amide bonds. The van der Waals surface area contributed by atoms with Gasteiger partial charge in [0.1, 0.15) is 5.82 Å². The van der Waals surface area contributed by atoms with Crippen molar-refractivity contribution < 1.29 is 14.0 Å². The fourth-order valence-electron chi connectivity index (χ4n) is 3.35. The highest BCUT2D eigenvalue weighted by Gasteiger charge is 2.25. The molecule has 1 heterocycles. The number of halogens is 1. The van der Waals surface area contributed by atoms with Crippen LogP contribution in [0, 0.1) is 11.7 Å². The normalized spacial score (nSPS) is 15.4. The summed E-state index contributed by atoms with van der Waals surface area (Å²) >= 11 is 0. The van der Waals surface area contributed by atoms with Gasteiger partial charge in [0.2, 0.25) is 11.8 Å². The van der Waals surface area contributed by atoms with E-state index in [4.69, 9.17) is 0 Å². The van der Waals surface area contributed by atoms with E-state index in [1.54, 1.807) is 18.2 Å². The van der Waals surface area contributed by atoms with Crippen molar-refractivity contribution in [2.75, 3.05) is 13.1 Å². The third-order valence-electron chi connectivity index (χ3n) is 5.12. The van der Waals surface area contributed by atoms with Crippen molar-refractivity contribution in [2.45, 2.75) is 58.4 Å². The first-order chi connectivity index (χ1) is 12.0. The van der Waals surface area contributed by atoms with Gasteiger partial charge < -0.3 is 10.2 Å². The van der Waals surface area contributed by atoms with E-state index in [0.717, 1.165) is 25.7 Å². The summed E-state index contributed by atoms with van der Waals surface area (Å²) in [7, 11) is 0. The number of nitrogens with one attached hydrogen (secondary N) is 1. The Morgan fingerprint density at radius 1 is 1.20 bits per heavy atom. The van der Waals surface area contributed by atoms with E-state index in [9.17, 15) is 14.0 Å². The molecule has 1 saturated heterocycles. The molecule has 5 heteroatoms. The Balaban J connectivity index is 1.75. The van der Waals surface area contributed by atoms with Gasteiger partial charge in [0.15, 0.2) is 0 Å². The van der Waals surface area contributed by atoms with Crippen molar-refractivity contribution in [2.24, 2.45) is 5.92 Å². The second-order valence-corrected chi connectivity index (χ2v) is 6.77. The number of nitrogens with zero attached hydrogens (tertiary/aromatic N) is 1. The Morgan fingerprint density at radius 2 is 1.84 bits per heavy atom. The topological polar surface area (TPSA) is 49.4 Å². The van der Waals surface area contributed by atoms with E-state index in [2.05, 4.69) is 5.32 Å². The molecule has 0 aromatic heterocycles. The lowest BCUT2D eigenvalue weighted by atomic mass is 9.99. The number of likely N-dealkylation sites (tertiary alicyclic amines) is 1. The van der Waals surface area contributed by atoms with Crippen molar-refractivity contribution in [3.63, 3.8) is 0 Å². The molecule has 1 aromatic rings. The lowest BCUT2D eigenvalue weighted by Gasteiger charge is -2.33. The molecule has 0 radical (unpaired) electrons. The first kappa shape index (κ1) is 19.4. The van der Waals surface area contributed by atoms with Crippen molar-refractivity contribution in [3.05, 3.63) is 35.6 Å². The summed E-state index contributed by atoms with van der Waals surface area (Å²) in [6, 6.07) is 6.75. The van der Waals surface area contributed by atoms with Gasteiger partial charge in [-0.25, -0.2) is 4.39 Å². The lowest BCUT2D eigenvalue weighted by Crippen LogP contribution is -2.47. The van der Waals surface area contributed by atoms with Crippen molar-refractivity contribution in [3.8, 4) is 0 Å². The summed E-state index contributed by atoms with van der Waals surface area (Å²) in [5.41, 5.74) is 0.586. The van der Waals surface area contributed by atoms with E-state index in [-0.39, 0.29) is 29.6 Å². The van der Waals surface area contributed by atoms with Crippen LogP contribution >= 0.6 is 0 Å². The molecule has 1 aromatic carbocycles. The number of carbonyl (C=O) groups is 2. The molecular formula is C20H29FN2O2. The predicted molar refractivity (Wildman–Crippen MR) is 96.5 cm³/mol. The average molecular weight is 348 g/mol. The minimum Gasteiger partial charge on any atom is -0.353 e. The molecule has 1 aliphatic rings. The van der Waals surface area contributed by atoms with E-state index < -0.39 is 0 Å². The Morgan fingerprint density at radius 3 is 2.44 bits per heavy atom. The zero-order valence-corrected chi connectivity index (χ0v) is 15.3. The molecule has 0 bridgehead atoms. The van der Waals surface area contributed by atoms with Crippen LogP contribution in [-0.4, -0.2) is 35.8 Å². The smallest absolute Gasteiger partial charge is 0.223 e. The number of aryl methyl sites for hydroxylation is 1. The van der Waals surface area contributed by atoms with Crippen LogP contribution in [0.5, 0.6) is 0 Å². The zero-order chi connectivity index (χ0) is 18.2. The molecule has 138 valence electrons. The number of piperidine rings is 1. The maximum atomic E-state index is 13.6. The van der Waals surface area contributed by atoms with E-state index in [1.807, 2.05) is 18.7 Å². The molecular weight excluding hydrogens is 319 g/mol. The summed E-state index contributed by atoms with van der Waals surface area (Å²) in [4.78, 5) is 26.3. The fraction of sp³-hybridized carbons (Fsp3) is 0.600. The molecule has 1 fully saturated rings. The number of amides is 2. The number of hydrogen-bond donors (Lipinski definition) is 1. The van der Waals surface area contributed by atoms with E-state index in [0.29, 0.717) is 31.5 Å². The number of hydrogen-bond acceptors (Lipinski definition) is 2. The van der Waals surface area contributed by atoms with Gasteiger partial charge in [-0.05, 0) is 43.7 Å². The first-order valence-electron chi connectivity index (χ1n) is 9.36. The summed E-state index contributed by atoms with van der Waals surface area (Å²) in [6.45, 7) is 5.38. The second kappa shape index (κ2) is 9.54. The molecule has 0 aliphatic carbocycles. The maximum absolute atomic E-state index is 13.6. The van der Waals surface area contributed by atoms with Crippen LogP contribution in [0.1, 0.15) is 51.5 Å². The predicted octanol–water partition coefficient (Wildman–Crippen LogP) is 3.30. The van der Waals surface area contributed by atoms with Gasteiger partial charge in [-0.1, -0.05) is 32.0 Å². The average Bonchev–Trinajstić information content (AvgIpc) is 2.62. The van der Waals surface area contributed by atoms with Crippen LogP contribution in [0.15, 0.2) is 24.3 Å². The summed E-state index contributed by atoms with van der Waals surface area (Å²) in [5.74, 6) is 0.0286. The Bertz CT molecular complexity index is 579. The minimum absolute atomic E-state index is 0.0630.